The Bertz CT molecular complexity index is 354. The van der Waals surface area contributed by atoms with Crippen molar-refractivity contribution in [3.63, 3.8) is 0 Å². The van der Waals surface area contributed by atoms with Gasteiger partial charge in [-0.05, 0) is 18.6 Å². The van der Waals surface area contributed by atoms with Gasteiger partial charge in [-0.1, -0.05) is 29.8 Å². The molecule has 0 heterocycles. The zero-order valence-electron chi connectivity index (χ0n) is 7.83. The van der Waals surface area contributed by atoms with E-state index in [-0.39, 0.29) is 6.54 Å². The fourth-order valence-electron chi connectivity index (χ4n) is 1.22. The molecule has 0 spiro atoms. The quantitative estimate of drug-likeness (QED) is 0.803. The summed E-state index contributed by atoms with van der Waals surface area (Å²) in [6.07, 6.45) is 0. The normalized spacial score (nSPS) is 14.8. The molecule has 1 rings (SSSR count). The first-order valence-electron chi connectivity index (χ1n) is 4.21. The number of hydrogen-bond acceptors (Lipinski definition) is 2. The molecule has 1 atom stereocenters. The number of carbonyl (C=O) groups is 1. The minimum atomic E-state index is -1.11. The average Bonchev–Trinajstić information content (AvgIpc) is 2.17. The van der Waals surface area contributed by atoms with Gasteiger partial charge in [-0.25, -0.2) is 0 Å². The predicted molar refractivity (Wildman–Crippen MR) is 55.5 cm³/mol. The van der Waals surface area contributed by atoms with Crippen LogP contribution in [0.4, 0.5) is 0 Å². The molecule has 0 saturated heterocycles. The summed E-state index contributed by atoms with van der Waals surface area (Å²) >= 11 is 5.91. The second kappa shape index (κ2) is 3.98. The third kappa shape index (κ3) is 1.74. The summed E-state index contributed by atoms with van der Waals surface area (Å²) in [7, 11) is 0. The summed E-state index contributed by atoms with van der Waals surface area (Å²) in [6, 6.07) is 6.85. The number of carboxylic acids is 1. The summed E-state index contributed by atoms with van der Waals surface area (Å²) in [5.74, 6) is -0.965. The van der Waals surface area contributed by atoms with Crippen LogP contribution in [0.15, 0.2) is 24.3 Å². The van der Waals surface area contributed by atoms with Crippen LogP contribution in [0.1, 0.15) is 12.5 Å². The van der Waals surface area contributed by atoms with Gasteiger partial charge in [0.05, 0.1) is 0 Å². The summed E-state index contributed by atoms with van der Waals surface area (Å²) in [6.45, 7) is 1.59. The van der Waals surface area contributed by atoms with Crippen molar-refractivity contribution >= 4 is 17.6 Å². The van der Waals surface area contributed by atoms with E-state index in [1.54, 1.807) is 31.2 Å². The SMILES string of the molecule is CC(CN)(C(=O)O)c1ccccc1Cl. The molecule has 0 aliphatic carbocycles. The molecule has 0 radical (unpaired) electrons. The van der Waals surface area contributed by atoms with Gasteiger partial charge in [0, 0.05) is 11.6 Å². The molecule has 0 aliphatic rings. The molecule has 3 nitrogen and oxygen atoms in total. The topological polar surface area (TPSA) is 63.3 Å². The zero-order valence-corrected chi connectivity index (χ0v) is 8.58. The highest BCUT2D eigenvalue weighted by Gasteiger charge is 2.35. The molecule has 4 heteroatoms. The molecular weight excluding hydrogens is 202 g/mol. The summed E-state index contributed by atoms with van der Waals surface area (Å²) in [5.41, 5.74) is 4.91. The standard InChI is InChI=1S/C10H12ClNO2/c1-10(6-12,9(13)14)7-4-2-3-5-8(7)11/h2-5H,6,12H2,1H3,(H,13,14). The highest BCUT2D eigenvalue weighted by molar-refractivity contribution is 6.31. The highest BCUT2D eigenvalue weighted by atomic mass is 35.5. The van der Waals surface area contributed by atoms with Crippen LogP contribution in [-0.2, 0) is 10.2 Å². The second-order valence-corrected chi connectivity index (χ2v) is 3.73. The lowest BCUT2D eigenvalue weighted by molar-refractivity contribution is -0.142. The molecule has 14 heavy (non-hydrogen) atoms. The van der Waals surface area contributed by atoms with Gasteiger partial charge in [0.15, 0.2) is 0 Å². The van der Waals surface area contributed by atoms with E-state index in [0.29, 0.717) is 10.6 Å². The van der Waals surface area contributed by atoms with E-state index in [0.717, 1.165) is 0 Å². The third-order valence-electron chi connectivity index (χ3n) is 2.35. The maximum Gasteiger partial charge on any atom is 0.315 e. The van der Waals surface area contributed by atoms with E-state index in [1.165, 1.54) is 0 Å². The Morgan fingerprint density at radius 2 is 2.14 bits per heavy atom. The minimum Gasteiger partial charge on any atom is -0.481 e. The Morgan fingerprint density at radius 3 is 2.57 bits per heavy atom. The third-order valence-corrected chi connectivity index (χ3v) is 2.68. The number of benzene rings is 1. The number of nitrogens with two attached hydrogens (primary N) is 1. The van der Waals surface area contributed by atoms with E-state index >= 15 is 0 Å². The van der Waals surface area contributed by atoms with Crippen LogP contribution in [0.3, 0.4) is 0 Å². The molecule has 1 aromatic rings. The molecule has 0 aromatic heterocycles. The summed E-state index contributed by atoms with van der Waals surface area (Å²) in [5, 5.41) is 9.50. The van der Waals surface area contributed by atoms with Gasteiger partial charge in [-0.15, -0.1) is 0 Å². The molecule has 1 unspecified atom stereocenters. The first-order chi connectivity index (χ1) is 6.52. The van der Waals surface area contributed by atoms with Crippen LogP contribution >= 0.6 is 11.6 Å². The van der Waals surface area contributed by atoms with E-state index in [9.17, 15) is 4.79 Å². The van der Waals surface area contributed by atoms with Crippen molar-refractivity contribution in [2.24, 2.45) is 5.73 Å². The highest BCUT2D eigenvalue weighted by Crippen LogP contribution is 2.29. The number of hydrogen-bond donors (Lipinski definition) is 2. The molecule has 3 N–H and O–H groups in total. The van der Waals surface area contributed by atoms with Crippen molar-refractivity contribution in [3.05, 3.63) is 34.9 Å². The Balaban J connectivity index is 3.26. The van der Waals surface area contributed by atoms with Crippen molar-refractivity contribution in [3.8, 4) is 0 Å². The zero-order chi connectivity index (χ0) is 10.8. The molecule has 0 amide bonds. The molecule has 0 bridgehead atoms. The van der Waals surface area contributed by atoms with Crippen LogP contribution in [0.2, 0.25) is 5.02 Å². The Labute approximate surface area is 87.5 Å². The van der Waals surface area contributed by atoms with E-state index < -0.39 is 11.4 Å². The van der Waals surface area contributed by atoms with Crippen LogP contribution in [0, 0.1) is 0 Å². The number of rotatable bonds is 3. The van der Waals surface area contributed by atoms with Crippen molar-refractivity contribution in [1.29, 1.82) is 0 Å². The lowest BCUT2D eigenvalue weighted by atomic mass is 9.83. The minimum absolute atomic E-state index is 0.0199. The second-order valence-electron chi connectivity index (χ2n) is 3.32. The first-order valence-corrected chi connectivity index (χ1v) is 4.58. The predicted octanol–water partition coefficient (Wildman–Crippen LogP) is 1.64. The molecular formula is C10H12ClNO2. The van der Waals surface area contributed by atoms with E-state index in [1.807, 2.05) is 0 Å². The van der Waals surface area contributed by atoms with Gasteiger partial charge in [0.25, 0.3) is 0 Å². The molecule has 0 fully saturated rings. The molecule has 0 saturated carbocycles. The fourth-order valence-corrected chi connectivity index (χ4v) is 1.57. The number of aliphatic carboxylic acids is 1. The van der Waals surface area contributed by atoms with Crippen LogP contribution in [-0.4, -0.2) is 17.6 Å². The largest absolute Gasteiger partial charge is 0.481 e. The van der Waals surface area contributed by atoms with Gasteiger partial charge in [0.1, 0.15) is 5.41 Å². The lowest BCUT2D eigenvalue weighted by Gasteiger charge is -2.24. The summed E-state index contributed by atoms with van der Waals surface area (Å²) in [4.78, 5) is 11.1. The van der Waals surface area contributed by atoms with Gasteiger partial charge in [0.2, 0.25) is 0 Å². The van der Waals surface area contributed by atoms with Crippen molar-refractivity contribution in [2.75, 3.05) is 6.54 Å². The number of halogens is 1. The van der Waals surface area contributed by atoms with Crippen molar-refractivity contribution in [2.45, 2.75) is 12.3 Å². The van der Waals surface area contributed by atoms with Crippen LogP contribution in [0.5, 0.6) is 0 Å². The Kier molecular flexibility index (Phi) is 3.13. The van der Waals surface area contributed by atoms with Crippen molar-refractivity contribution in [1.82, 2.24) is 0 Å². The molecule has 76 valence electrons. The Morgan fingerprint density at radius 1 is 1.57 bits per heavy atom. The fraction of sp³-hybridized carbons (Fsp3) is 0.300. The smallest absolute Gasteiger partial charge is 0.315 e. The van der Waals surface area contributed by atoms with Crippen LogP contribution in [0.25, 0.3) is 0 Å². The maximum absolute atomic E-state index is 11.1. The van der Waals surface area contributed by atoms with Gasteiger partial charge in [-0.2, -0.15) is 0 Å². The summed E-state index contributed by atoms with van der Waals surface area (Å²) < 4.78 is 0. The molecule has 0 aliphatic heterocycles. The van der Waals surface area contributed by atoms with Gasteiger partial charge >= 0.3 is 5.97 Å². The number of carboxylic acid groups (broad SMARTS) is 1. The van der Waals surface area contributed by atoms with Crippen molar-refractivity contribution < 1.29 is 9.90 Å². The van der Waals surface area contributed by atoms with Gasteiger partial charge in [-0.3, -0.25) is 4.79 Å². The first kappa shape index (κ1) is 11.0. The Hall–Kier alpha value is -1.06. The maximum atomic E-state index is 11.1. The van der Waals surface area contributed by atoms with E-state index in [4.69, 9.17) is 22.4 Å². The van der Waals surface area contributed by atoms with E-state index in [2.05, 4.69) is 0 Å². The molecule has 1 aromatic carbocycles. The lowest BCUT2D eigenvalue weighted by Crippen LogP contribution is -2.40. The van der Waals surface area contributed by atoms with Crippen LogP contribution < -0.4 is 5.73 Å². The van der Waals surface area contributed by atoms with Gasteiger partial charge < -0.3 is 10.8 Å². The monoisotopic (exact) mass is 213 g/mol. The average molecular weight is 214 g/mol.